The van der Waals surface area contributed by atoms with E-state index < -0.39 is 11.4 Å². The summed E-state index contributed by atoms with van der Waals surface area (Å²) in [5, 5.41) is 13.9. The number of aromatic nitrogens is 2. The second-order valence-corrected chi connectivity index (χ2v) is 11.6. The Balaban J connectivity index is 1.23. The van der Waals surface area contributed by atoms with E-state index in [0.29, 0.717) is 51.5 Å². The normalized spacial score (nSPS) is 13.0. The van der Waals surface area contributed by atoms with Crippen molar-refractivity contribution < 1.29 is 23.8 Å². The van der Waals surface area contributed by atoms with E-state index in [-0.39, 0.29) is 18.1 Å². The van der Waals surface area contributed by atoms with E-state index in [1.54, 1.807) is 44.4 Å². The van der Waals surface area contributed by atoms with E-state index in [9.17, 15) is 9.90 Å². The molecule has 0 saturated carbocycles. The standard InChI is InChI=1S/C36H32FN3O4/c1-21-5-7-23(8-6-21)26-11-9-24-13-15-39-35(33(24)34(26)41)40-25-10-12-31(28(37)18-25)44-30-14-16-38-29-19-32(22(2)17-27(29)30)43-20-36(3,4)42/h5-8,10-19,42H,9,20H2,1-4H3,(H,39,40). The van der Waals surface area contributed by atoms with Crippen molar-refractivity contribution in [2.24, 2.45) is 0 Å². The van der Waals surface area contributed by atoms with Gasteiger partial charge in [-0.05, 0) is 81.1 Å². The molecule has 0 radical (unpaired) electrons. The van der Waals surface area contributed by atoms with E-state index in [2.05, 4.69) is 15.3 Å². The number of hydrogen-bond acceptors (Lipinski definition) is 7. The van der Waals surface area contributed by atoms with Crippen molar-refractivity contribution in [3.8, 4) is 17.2 Å². The molecule has 2 aromatic heterocycles. The summed E-state index contributed by atoms with van der Waals surface area (Å²) in [5.41, 5.74) is 4.82. The van der Waals surface area contributed by atoms with Crippen LogP contribution < -0.4 is 14.8 Å². The molecule has 0 spiro atoms. The summed E-state index contributed by atoms with van der Waals surface area (Å²) in [7, 11) is 0. The molecule has 0 amide bonds. The first-order valence-corrected chi connectivity index (χ1v) is 14.3. The maximum atomic E-state index is 15.4. The Kier molecular flexibility index (Phi) is 7.61. The van der Waals surface area contributed by atoms with Gasteiger partial charge in [-0.25, -0.2) is 9.37 Å². The van der Waals surface area contributed by atoms with Crippen LogP contribution in [0.3, 0.4) is 0 Å². The lowest BCUT2D eigenvalue weighted by atomic mass is 9.87. The molecule has 0 fully saturated rings. The summed E-state index contributed by atoms with van der Waals surface area (Å²) in [4.78, 5) is 22.5. The number of allylic oxidation sites excluding steroid dienone is 2. The maximum Gasteiger partial charge on any atom is 0.197 e. The number of carbonyl (C=O) groups excluding carboxylic acids is 1. The molecule has 5 aromatic rings. The summed E-state index contributed by atoms with van der Waals surface area (Å²) < 4.78 is 27.2. The third-order valence-corrected chi connectivity index (χ3v) is 7.39. The molecule has 7 nitrogen and oxygen atoms in total. The molecule has 0 aliphatic heterocycles. The number of aliphatic hydroxyl groups is 1. The van der Waals surface area contributed by atoms with Gasteiger partial charge in [0.05, 0.1) is 16.7 Å². The Morgan fingerprint density at radius 2 is 1.70 bits per heavy atom. The van der Waals surface area contributed by atoms with Gasteiger partial charge in [0, 0.05) is 41.2 Å². The number of nitrogens with one attached hydrogen (secondary N) is 1. The van der Waals surface area contributed by atoms with Gasteiger partial charge in [0.2, 0.25) is 0 Å². The summed E-state index contributed by atoms with van der Waals surface area (Å²) in [6.07, 6.45) is 5.76. The summed E-state index contributed by atoms with van der Waals surface area (Å²) >= 11 is 0. The van der Waals surface area contributed by atoms with Crippen LogP contribution in [0, 0.1) is 19.7 Å². The number of fused-ring (bicyclic) bond motifs is 2. The average molecular weight is 590 g/mol. The summed E-state index contributed by atoms with van der Waals surface area (Å²) in [6, 6.07) is 19.5. The van der Waals surface area contributed by atoms with Crippen LogP contribution >= 0.6 is 0 Å². The predicted molar refractivity (Wildman–Crippen MR) is 169 cm³/mol. The minimum absolute atomic E-state index is 0.0341. The smallest absolute Gasteiger partial charge is 0.197 e. The van der Waals surface area contributed by atoms with Crippen LogP contribution in [-0.2, 0) is 6.42 Å². The van der Waals surface area contributed by atoms with Gasteiger partial charge >= 0.3 is 0 Å². The third-order valence-electron chi connectivity index (χ3n) is 7.39. The Morgan fingerprint density at radius 3 is 2.45 bits per heavy atom. The number of ketones is 1. The van der Waals surface area contributed by atoms with Crippen LogP contribution in [-0.4, -0.2) is 33.1 Å². The minimum atomic E-state index is -0.981. The Hall–Kier alpha value is -5.08. The molecule has 1 aliphatic rings. The van der Waals surface area contributed by atoms with Crippen molar-refractivity contribution in [1.82, 2.24) is 9.97 Å². The highest BCUT2D eigenvalue weighted by molar-refractivity contribution is 6.32. The number of rotatable bonds is 8. The maximum absolute atomic E-state index is 15.4. The number of nitrogens with zero attached hydrogens (tertiary/aromatic N) is 2. The highest BCUT2D eigenvalue weighted by Gasteiger charge is 2.26. The van der Waals surface area contributed by atoms with Crippen molar-refractivity contribution >= 4 is 33.8 Å². The zero-order valence-corrected chi connectivity index (χ0v) is 24.9. The molecule has 222 valence electrons. The number of pyridine rings is 2. The molecule has 0 atom stereocenters. The summed E-state index contributed by atoms with van der Waals surface area (Å²) in [5.74, 6) is 0.732. The Bertz CT molecular complexity index is 1930. The topological polar surface area (TPSA) is 93.6 Å². The van der Waals surface area contributed by atoms with Crippen LogP contribution in [0.1, 0.15) is 46.5 Å². The number of ether oxygens (including phenoxy) is 2. The lowest BCUT2D eigenvalue weighted by Gasteiger charge is -2.20. The molecule has 2 N–H and O–H groups in total. The van der Waals surface area contributed by atoms with Gasteiger partial charge in [0.1, 0.15) is 23.9 Å². The van der Waals surface area contributed by atoms with E-state index >= 15 is 4.39 Å². The van der Waals surface area contributed by atoms with E-state index in [4.69, 9.17) is 9.47 Å². The van der Waals surface area contributed by atoms with Crippen molar-refractivity contribution in [2.45, 2.75) is 39.7 Å². The summed E-state index contributed by atoms with van der Waals surface area (Å²) in [6.45, 7) is 7.36. The molecule has 6 rings (SSSR count). The Morgan fingerprint density at radius 1 is 0.932 bits per heavy atom. The fourth-order valence-electron chi connectivity index (χ4n) is 5.11. The van der Waals surface area contributed by atoms with Crippen LogP contribution in [0.25, 0.3) is 16.5 Å². The molecule has 44 heavy (non-hydrogen) atoms. The van der Waals surface area contributed by atoms with E-state index in [1.165, 1.54) is 12.1 Å². The molecule has 1 aliphatic carbocycles. The van der Waals surface area contributed by atoms with Gasteiger partial charge < -0.3 is 19.9 Å². The number of halogens is 1. The van der Waals surface area contributed by atoms with Gasteiger partial charge in [0.25, 0.3) is 0 Å². The van der Waals surface area contributed by atoms with Crippen molar-refractivity contribution in [3.63, 3.8) is 0 Å². The SMILES string of the molecule is Cc1ccc(C2=CCc3ccnc(Nc4ccc(Oc5ccnc6cc(OCC(C)(C)O)c(C)cc56)c(F)c4)c3C2=O)cc1. The molecule has 8 heteroatoms. The van der Waals surface area contributed by atoms with Crippen LogP contribution in [0.5, 0.6) is 17.2 Å². The number of Topliss-reactive ketones (excluding diaryl/α,β-unsaturated/α-hetero) is 1. The second-order valence-electron chi connectivity index (χ2n) is 11.6. The van der Waals surface area contributed by atoms with E-state index in [0.717, 1.165) is 22.3 Å². The molecule has 3 aromatic carbocycles. The molecular weight excluding hydrogens is 557 g/mol. The van der Waals surface area contributed by atoms with Gasteiger partial charge in [-0.2, -0.15) is 0 Å². The lowest BCUT2D eigenvalue weighted by Crippen LogP contribution is -2.28. The molecule has 2 heterocycles. The van der Waals surface area contributed by atoms with Crippen LogP contribution in [0.2, 0.25) is 0 Å². The van der Waals surface area contributed by atoms with E-state index in [1.807, 2.05) is 56.3 Å². The second kappa shape index (κ2) is 11.5. The quantitative estimate of drug-likeness (QED) is 0.190. The highest BCUT2D eigenvalue weighted by Crippen LogP contribution is 2.36. The largest absolute Gasteiger partial charge is 0.490 e. The third kappa shape index (κ3) is 6.02. The van der Waals surface area contributed by atoms with Gasteiger partial charge in [0.15, 0.2) is 17.3 Å². The first-order valence-electron chi connectivity index (χ1n) is 14.3. The number of benzene rings is 3. The van der Waals surface area contributed by atoms with Crippen LogP contribution in [0.15, 0.2) is 85.2 Å². The van der Waals surface area contributed by atoms with Crippen molar-refractivity contribution in [2.75, 3.05) is 11.9 Å². The number of hydrogen-bond donors (Lipinski definition) is 2. The van der Waals surface area contributed by atoms with Gasteiger partial charge in [-0.3, -0.25) is 9.78 Å². The highest BCUT2D eigenvalue weighted by atomic mass is 19.1. The number of carbonyl (C=O) groups is 1. The first-order chi connectivity index (χ1) is 21.1. The fraction of sp³-hybridized carbons (Fsp3) is 0.194. The molecule has 0 bridgehead atoms. The Labute approximate surface area is 255 Å². The number of anilines is 2. The monoisotopic (exact) mass is 589 g/mol. The lowest BCUT2D eigenvalue weighted by molar-refractivity contribution is 0.0283. The molecule has 0 unspecified atom stereocenters. The fourth-order valence-corrected chi connectivity index (χ4v) is 5.11. The van der Waals surface area contributed by atoms with Gasteiger partial charge in [-0.15, -0.1) is 0 Å². The first kappa shape index (κ1) is 29.0. The van der Waals surface area contributed by atoms with Crippen molar-refractivity contribution in [1.29, 1.82) is 0 Å². The zero-order valence-electron chi connectivity index (χ0n) is 24.9. The predicted octanol–water partition coefficient (Wildman–Crippen LogP) is 7.89. The molecular formula is C36H32FN3O4. The minimum Gasteiger partial charge on any atom is -0.490 e. The average Bonchev–Trinajstić information content (AvgIpc) is 2.98. The van der Waals surface area contributed by atoms with Gasteiger partial charge in [-0.1, -0.05) is 35.9 Å². The zero-order chi connectivity index (χ0) is 31.0. The number of aryl methyl sites for hydroxylation is 2. The molecule has 0 saturated heterocycles. The van der Waals surface area contributed by atoms with Crippen molar-refractivity contribution in [3.05, 3.63) is 119 Å². The van der Waals surface area contributed by atoms with Crippen LogP contribution in [0.4, 0.5) is 15.9 Å².